The van der Waals surface area contributed by atoms with E-state index in [1.807, 2.05) is 42.5 Å². The summed E-state index contributed by atoms with van der Waals surface area (Å²) in [6.45, 7) is 0. The quantitative estimate of drug-likeness (QED) is 0.204. The van der Waals surface area contributed by atoms with E-state index in [1.54, 1.807) is 0 Å². The second kappa shape index (κ2) is 10.2. The molecule has 0 aliphatic carbocycles. The first kappa shape index (κ1) is 25.4. The van der Waals surface area contributed by atoms with Gasteiger partial charge < -0.3 is 13.7 Å². The van der Waals surface area contributed by atoms with Crippen molar-refractivity contribution in [2.24, 2.45) is 0 Å². The van der Waals surface area contributed by atoms with Gasteiger partial charge in [-0.25, -0.2) is 4.98 Å². The Balaban J connectivity index is 1.27. The average molecular weight is 579 g/mol. The minimum absolute atomic E-state index is 0.580. The lowest BCUT2D eigenvalue weighted by atomic mass is 9.99. The highest BCUT2D eigenvalue weighted by atomic mass is 16.3. The molecule has 9 rings (SSSR count). The van der Waals surface area contributed by atoms with Gasteiger partial charge in [0.15, 0.2) is 5.58 Å². The molecule has 0 N–H and O–H groups in total. The number of anilines is 3. The summed E-state index contributed by atoms with van der Waals surface area (Å²) in [5, 5.41) is 4.13. The fourth-order valence-electron chi connectivity index (χ4n) is 6.35. The van der Waals surface area contributed by atoms with E-state index in [2.05, 4.69) is 120 Å². The van der Waals surface area contributed by atoms with Gasteiger partial charge in [-0.15, -0.1) is 0 Å². The van der Waals surface area contributed by atoms with Crippen LogP contribution in [0.3, 0.4) is 0 Å². The molecular weight excluding hydrogens is 552 g/mol. The number of oxazole rings is 1. The molecule has 2 aromatic heterocycles. The molecule has 7 aromatic carbocycles. The van der Waals surface area contributed by atoms with Gasteiger partial charge in [0.25, 0.3) is 0 Å². The van der Waals surface area contributed by atoms with Gasteiger partial charge in [0.1, 0.15) is 16.7 Å². The van der Waals surface area contributed by atoms with Crippen LogP contribution in [0.4, 0.5) is 17.1 Å². The van der Waals surface area contributed by atoms with E-state index in [0.29, 0.717) is 5.89 Å². The maximum absolute atomic E-state index is 6.62. The average Bonchev–Trinajstić information content (AvgIpc) is 3.72. The third-order valence-corrected chi connectivity index (χ3v) is 8.48. The molecule has 45 heavy (non-hydrogen) atoms. The molecule has 2 heterocycles. The minimum Gasteiger partial charge on any atom is -0.455 e. The van der Waals surface area contributed by atoms with E-state index >= 15 is 0 Å². The van der Waals surface area contributed by atoms with E-state index in [9.17, 15) is 0 Å². The fraction of sp³-hybridized carbons (Fsp3) is 0. The van der Waals surface area contributed by atoms with Crippen molar-refractivity contribution in [2.75, 3.05) is 4.90 Å². The van der Waals surface area contributed by atoms with Crippen LogP contribution in [0, 0.1) is 0 Å². The standard InChI is InChI=1S/C41H26N2O2/c1-3-11-27(12-4-1)28-19-21-31(22-20-28)43(30-14-5-2-6-15-30)32-23-24-37-34(26-32)39-35(41-42-36-17-9-10-18-38(36)45-41)25-29-13-7-8-16-33(29)40(39)44-37/h1-26H. The summed E-state index contributed by atoms with van der Waals surface area (Å²) in [6.07, 6.45) is 0. The molecule has 4 heteroatoms. The number of nitrogens with zero attached hydrogens (tertiary/aromatic N) is 2. The summed E-state index contributed by atoms with van der Waals surface area (Å²) < 4.78 is 13.0. The van der Waals surface area contributed by atoms with Gasteiger partial charge in [-0.3, -0.25) is 0 Å². The van der Waals surface area contributed by atoms with Crippen LogP contribution < -0.4 is 4.90 Å². The fourth-order valence-corrected chi connectivity index (χ4v) is 6.35. The number of hydrogen-bond donors (Lipinski definition) is 0. The molecule has 0 aliphatic heterocycles. The van der Waals surface area contributed by atoms with Gasteiger partial charge in [-0.05, 0) is 77.2 Å². The number of furan rings is 1. The van der Waals surface area contributed by atoms with Gasteiger partial charge in [-0.1, -0.05) is 97.1 Å². The van der Waals surface area contributed by atoms with Gasteiger partial charge in [0.2, 0.25) is 5.89 Å². The van der Waals surface area contributed by atoms with Crippen LogP contribution in [0.2, 0.25) is 0 Å². The summed E-state index contributed by atoms with van der Waals surface area (Å²) in [5.41, 5.74) is 9.69. The van der Waals surface area contributed by atoms with E-state index in [1.165, 1.54) is 11.1 Å². The minimum atomic E-state index is 0.580. The molecule has 0 unspecified atom stereocenters. The Labute approximate surface area is 259 Å². The molecule has 0 radical (unpaired) electrons. The summed E-state index contributed by atoms with van der Waals surface area (Å²) in [5.74, 6) is 0.580. The van der Waals surface area contributed by atoms with Crippen LogP contribution >= 0.6 is 0 Å². The number of aromatic nitrogens is 1. The second-order valence-corrected chi connectivity index (χ2v) is 11.2. The predicted molar refractivity (Wildman–Crippen MR) is 184 cm³/mol. The Hall–Kier alpha value is -6.13. The van der Waals surface area contributed by atoms with E-state index in [-0.39, 0.29) is 0 Å². The maximum atomic E-state index is 6.62. The SMILES string of the molecule is c1ccc(-c2ccc(N(c3ccccc3)c3ccc4oc5c6ccccc6cc(-c6nc7ccccc7o6)c5c4c3)cc2)cc1. The van der Waals surface area contributed by atoms with Crippen LogP contribution in [0.1, 0.15) is 0 Å². The Morgan fingerprint density at radius 2 is 1.13 bits per heavy atom. The Morgan fingerprint density at radius 1 is 0.467 bits per heavy atom. The van der Waals surface area contributed by atoms with E-state index in [0.717, 1.165) is 66.4 Å². The topological polar surface area (TPSA) is 42.4 Å². The van der Waals surface area contributed by atoms with E-state index in [4.69, 9.17) is 13.8 Å². The van der Waals surface area contributed by atoms with Crippen molar-refractivity contribution in [2.45, 2.75) is 0 Å². The van der Waals surface area contributed by atoms with Gasteiger partial charge in [0, 0.05) is 38.8 Å². The molecule has 0 atom stereocenters. The number of benzene rings is 7. The number of hydrogen-bond acceptors (Lipinski definition) is 4. The molecule has 0 aliphatic rings. The van der Waals surface area contributed by atoms with Crippen LogP contribution in [0.25, 0.3) is 66.4 Å². The zero-order valence-corrected chi connectivity index (χ0v) is 24.2. The number of rotatable bonds is 5. The van der Waals surface area contributed by atoms with Gasteiger partial charge in [-0.2, -0.15) is 0 Å². The van der Waals surface area contributed by atoms with Crippen LogP contribution in [-0.4, -0.2) is 4.98 Å². The summed E-state index contributed by atoms with van der Waals surface area (Å²) in [7, 11) is 0. The lowest BCUT2D eigenvalue weighted by Crippen LogP contribution is -2.09. The highest BCUT2D eigenvalue weighted by Gasteiger charge is 2.21. The summed E-state index contributed by atoms with van der Waals surface area (Å²) in [6, 6.07) is 54.5. The first-order valence-electron chi connectivity index (χ1n) is 15.0. The van der Waals surface area contributed by atoms with Gasteiger partial charge in [0.05, 0.1) is 0 Å². The van der Waals surface area contributed by atoms with Crippen LogP contribution in [0.5, 0.6) is 0 Å². The molecule has 0 bridgehead atoms. The largest absolute Gasteiger partial charge is 0.455 e. The molecule has 212 valence electrons. The second-order valence-electron chi connectivity index (χ2n) is 11.2. The monoisotopic (exact) mass is 578 g/mol. The van der Waals surface area contributed by atoms with Crippen molar-refractivity contribution in [1.82, 2.24) is 4.98 Å². The zero-order valence-electron chi connectivity index (χ0n) is 24.2. The van der Waals surface area contributed by atoms with Crippen molar-refractivity contribution in [3.8, 4) is 22.6 Å². The first-order chi connectivity index (χ1) is 22.3. The molecule has 0 spiro atoms. The predicted octanol–water partition coefficient (Wildman–Crippen LogP) is 11.7. The maximum Gasteiger partial charge on any atom is 0.228 e. The van der Waals surface area contributed by atoms with Crippen LogP contribution in [0.15, 0.2) is 167 Å². The van der Waals surface area contributed by atoms with Crippen molar-refractivity contribution in [3.05, 3.63) is 158 Å². The normalized spacial score (nSPS) is 11.6. The van der Waals surface area contributed by atoms with Crippen molar-refractivity contribution in [3.63, 3.8) is 0 Å². The lowest BCUT2D eigenvalue weighted by Gasteiger charge is -2.25. The molecule has 0 saturated carbocycles. The Bertz CT molecular complexity index is 2440. The molecular formula is C41H26N2O2. The summed E-state index contributed by atoms with van der Waals surface area (Å²) in [4.78, 5) is 7.18. The smallest absolute Gasteiger partial charge is 0.228 e. The number of fused-ring (bicyclic) bond motifs is 6. The Morgan fingerprint density at radius 3 is 1.96 bits per heavy atom. The Kier molecular flexibility index (Phi) is 5.78. The molecule has 0 fully saturated rings. The molecule has 4 nitrogen and oxygen atoms in total. The van der Waals surface area contributed by atoms with Crippen molar-refractivity contribution < 1.29 is 8.83 Å². The lowest BCUT2D eigenvalue weighted by molar-refractivity contribution is 0.620. The number of para-hydroxylation sites is 3. The van der Waals surface area contributed by atoms with Gasteiger partial charge >= 0.3 is 0 Å². The van der Waals surface area contributed by atoms with Crippen molar-refractivity contribution >= 4 is 60.9 Å². The van der Waals surface area contributed by atoms with Crippen LogP contribution in [-0.2, 0) is 0 Å². The summed E-state index contributed by atoms with van der Waals surface area (Å²) >= 11 is 0. The highest BCUT2D eigenvalue weighted by Crippen LogP contribution is 2.44. The van der Waals surface area contributed by atoms with Crippen molar-refractivity contribution in [1.29, 1.82) is 0 Å². The molecule has 9 aromatic rings. The molecule has 0 saturated heterocycles. The third kappa shape index (κ3) is 4.27. The zero-order chi connectivity index (χ0) is 29.7. The van der Waals surface area contributed by atoms with E-state index < -0.39 is 0 Å². The third-order valence-electron chi connectivity index (χ3n) is 8.48. The first-order valence-corrected chi connectivity index (χ1v) is 15.0. The molecule has 0 amide bonds. The highest BCUT2D eigenvalue weighted by molar-refractivity contribution is 6.21.